The molecular formula is C16H24N2O3. The van der Waals surface area contributed by atoms with E-state index in [0.29, 0.717) is 18.7 Å². The van der Waals surface area contributed by atoms with Crippen LogP contribution in [0.2, 0.25) is 0 Å². The molecule has 0 aliphatic heterocycles. The Morgan fingerprint density at radius 1 is 1.19 bits per heavy atom. The van der Waals surface area contributed by atoms with Gasteiger partial charge in [-0.05, 0) is 37.3 Å². The third-order valence-corrected chi connectivity index (χ3v) is 3.21. The molecule has 116 valence electrons. The fourth-order valence-corrected chi connectivity index (χ4v) is 2.14. The summed E-state index contributed by atoms with van der Waals surface area (Å²) >= 11 is 0. The van der Waals surface area contributed by atoms with Crippen molar-refractivity contribution in [2.45, 2.75) is 39.7 Å². The maximum atomic E-state index is 11.8. The highest BCUT2D eigenvalue weighted by molar-refractivity contribution is 6.39. The maximum absolute atomic E-state index is 11.8. The molecule has 0 aliphatic carbocycles. The summed E-state index contributed by atoms with van der Waals surface area (Å²) in [6, 6.07) is 7.40. The minimum atomic E-state index is -0.667. The van der Waals surface area contributed by atoms with Crippen LogP contribution in [0.15, 0.2) is 24.3 Å². The number of aryl methyl sites for hydroxylation is 1. The number of aliphatic hydroxyl groups is 1. The SMILES string of the molecule is CCc1ccccc1NC(=O)C(=O)NCC(C)CC(C)O. The lowest BCUT2D eigenvalue weighted by Gasteiger charge is -2.14. The molecule has 0 fully saturated rings. The average Bonchev–Trinajstić information content (AvgIpc) is 2.44. The lowest BCUT2D eigenvalue weighted by Crippen LogP contribution is -2.38. The van der Waals surface area contributed by atoms with E-state index >= 15 is 0 Å². The zero-order valence-electron chi connectivity index (χ0n) is 12.8. The molecule has 21 heavy (non-hydrogen) atoms. The van der Waals surface area contributed by atoms with Gasteiger partial charge >= 0.3 is 11.8 Å². The number of anilines is 1. The molecular weight excluding hydrogens is 268 g/mol. The molecule has 0 radical (unpaired) electrons. The van der Waals surface area contributed by atoms with E-state index in [-0.39, 0.29) is 5.92 Å². The van der Waals surface area contributed by atoms with Crippen molar-refractivity contribution in [3.8, 4) is 0 Å². The van der Waals surface area contributed by atoms with Crippen LogP contribution in [0, 0.1) is 5.92 Å². The van der Waals surface area contributed by atoms with Gasteiger partial charge in [0.2, 0.25) is 0 Å². The standard InChI is InChI=1S/C16H24N2O3/c1-4-13-7-5-6-8-14(13)18-16(21)15(20)17-10-11(2)9-12(3)19/h5-8,11-12,19H,4,9-10H2,1-3H3,(H,17,20)(H,18,21). The third-order valence-electron chi connectivity index (χ3n) is 3.21. The first-order chi connectivity index (χ1) is 9.93. The topological polar surface area (TPSA) is 78.4 Å². The molecule has 2 unspecified atom stereocenters. The summed E-state index contributed by atoms with van der Waals surface area (Å²) in [5.74, 6) is -1.21. The number of carbonyl (C=O) groups excluding carboxylic acids is 2. The predicted octanol–water partition coefficient (Wildman–Crippen LogP) is 1.71. The van der Waals surface area contributed by atoms with Crippen LogP contribution in [-0.2, 0) is 16.0 Å². The lowest BCUT2D eigenvalue weighted by molar-refractivity contribution is -0.136. The molecule has 0 spiro atoms. The summed E-state index contributed by atoms with van der Waals surface area (Å²) in [6.07, 6.45) is 0.950. The number of aliphatic hydroxyl groups excluding tert-OH is 1. The van der Waals surface area contributed by atoms with Crippen molar-refractivity contribution < 1.29 is 14.7 Å². The van der Waals surface area contributed by atoms with E-state index in [1.807, 2.05) is 32.0 Å². The summed E-state index contributed by atoms with van der Waals surface area (Å²) in [5, 5.41) is 14.5. The van der Waals surface area contributed by atoms with Crippen LogP contribution in [0.1, 0.15) is 32.8 Å². The number of hydrogen-bond acceptors (Lipinski definition) is 3. The van der Waals surface area contributed by atoms with E-state index in [0.717, 1.165) is 12.0 Å². The van der Waals surface area contributed by atoms with E-state index in [1.54, 1.807) is 13.0 Å². The molecule has 1 rings (SSSR count). The quantitative estimate of drug-likeness (QED) is 0.698. The van der Waals surface area contributed by atoms with Gasteiger partial charge in [0.15, 0.2) is 0 Å². The van der Waals surface area contributed by atoms with Crippen molar-refractivity contribution in [3.05, 3.63) is 29.8 Å². The second kappa shape index (κ2) is 8.42. The zero-order chi connectivity index (χ0) is 15.8. The smallest absolute Gasteiger partial charge is 0.313 e. The molecule has 0 bridgehead atoms. The van der Waals surface area contributed by atoms with Gasteiger partial charge in [-0.1, -0.05) is 32.0 Å². The number of benzene rings is 1. The molecule has 0 aliphatic rings. The highest BCUT2D eigenvalue weighted by Gasteiger charge is 2.16. The fraction of sp³-hybridized carbons (Fsp3) is 0.500. The second-order valence-electron chi connectivity index (χ2n) is 5.36. The van der Waals surface area contributed by atoms with Crippen LogP contribution in [0.3, 0.4) is 0 Å². The molecule has 5 heteroatoms. The van der Waals surface area contributed by atoms with Crippen LogP contribution in [-0.4, -0.2) is 29.6 Å². The van der Waals surface area contributed by atoms with Crippen molar-refractivity contribution >= 4 is 17.5 Å². The lowest BCUT2D eigenvalue weighted by atomic mass is 10.0. The summed E-state index contributed by atoms with van der Waals surface area (Å²) in [6.45, 7) is 5.97. The molecule has 3 N–H and O–H groups in total. The number of nitrogens with one attached hydrogen (secondary N) is 2. The number of amides is 2. The van der Waals surface area contributed by atoms with Gasteiger partial charge in [0.1, 0.15) is 0 Å². The first kappa shape index (κ1) is 17.2. The van der Waals surface area contributed by atoms with Gasteiger partial charge in [0, 0.05) is 12.2 Å². The average molecular weight is 292 g/mol. The van der Waals surface area contributed by atoms with Crippen molar-refractivity contribution in [3.63, 3.8) is 0 Å². The van der Waals surface area contributed by atoms with E-state index in [4.69, 9.17) is 0 Å². The van der Waals surface area contributed by atoms with Crippen molar-refractivity contribution in [2.24, 2.45) is 5.92 Å². The second-order valence-corrected chi connectivity index (χ2v) is 5.36. The molecule has 0 saturated carbocycles. The monoisotopic (exact) mass is 292 g/mol. The maximum Gasteiger partial charge on any atom is 0.313 e. The van der Waals surface area contributed by atoms with Crippen LogP contribution in [0.5, 0.6) is 0 Å². The molecule has 2 atom stereocenters. The van der Waals surface area contributed by atoms with Crippen molar-refractivity contribution in [1.29, 1.82) is 0 Å². The number of hydrogen-bond donors (Lipinski definition) is 3. The van der Waals surface area contributed by atoms with E-state index in [9.17, 15) is 14.7 Å². The van der Waals surface area contributed by atoms with Gasteiger partial charge in [-0.3, -0.25) is 9.59 Å². The predicted molar refractivity (Wildman–Crippen MR) is 82.9 cm³/mol. The van der Waals surface area contributed by atoms with Crippen molar-refractivity contribution in [2.75, 3.05) is 11.9 Å². The largest absolute Gasteiger partial charge is 0.393 e. The molecule has 0 heterocycles. The molecule has 5 nitrogen and oxygen atoms in total. The van der Waals surface area contributed by atoms with Gasteiger partial charge in [-0.15, -0.1) is 0 Å². The molecule has 1 aromatic carbocycles. The Morgan fingerprint density at radius 3 is 2.48 bits per heavy atom. The van der Waals surface area contributed by atoms with Crippen LogP contribution in [0.25, 0.3) is 0 Å². The molecule has 0 aromatic heterocycles. The number of para-hydroxylation sites is 1. The minimum absolute atomic E-state index is 0.115. The van der Waals surface area contributed by atoms with Gasteiger partial charge in [0.05, 0.1) is 6.10 Å². The molecule has 1 aromatic rings. The first-order valence-electron chi connectivity index (χ1n) is 7.29. The van der Waals surface area contributed by atoms with E-state index < -0.39 is 17.9 Å². The van der Waals surface area contributed by atoms with E-state index in [1.165, 1.54) is 0 Å². The highest BCUT2D eigenvalue weighted by Crippen LogP contribution is 2.15. The highest BCUT2D eigenvalue weighted by atomic mass is 16.3. The Bertz CT molecular complexity index is 486. The van der Waals surface area contributed by atoms with Gasteiger partial charge in [-0.25, -0.2) is 0 Å². The zero-order valence-corrected chi connectivity index (χ0v) is 12.8. The summed E-state index contributed by atoms with van der Waals surface area (Å²) in [7, 11) is 0. The normalized spacial score (nSPS) is 13.3. The van der Waals surface area contributed by atoms with E-state index in [2.05, 4.69) is 10.6 Å². The minimum Gasteiger partial charge on any atom is -0.393 e. The first-order valence-corrected chi connectivity index (χ1v) is 7.29. The fourth-order valence-electron chi connectivity index (χ4n) is 2.14. The van der Waals surface area contributed by atoms with Crippen LogP contribution >= 0.6 is 0 Å². The summed E-state index contributed by atoms with van der Waals surface area (Å²) in [5.41, 5.74) is 1.65. The van der Waals surface area contributed by atoms with Gasteiger partial charge < -0.3 is 15.7 Å². The molecule has 2 amide bonds. The Kier molecular flexibility index (Phi) is 6.88. The Balaban J connectivity index is 2.50. The Hall–Kier alpha value is -1.88. The Morgan fingerprint density at radius 2 is 1.86 bits per heavy atom. The summed E-state index contributed by atoms with van der Waals surface area (Å²) in [4.78, 5) is 23.6. The molecule has 0 saturated heterocycles. The van der Waals surface area contributed by atoms with Crippen LogP contribution in [0.4, 0.5) is 5.69 Å². The number of carbonyl (C=O) groups is 2. The van der Waals surface area contributed by atoms with Crippen molar-refractivity contribution in [1.82, 2.24) is 5.32 Å². The Labute approximate surface area is 125 Å². The number of rotatable bonds is 6. The summed E-state index contributed by atoms with van der Waals surface area (Å²) < 4.78 is 0. The van der Waals surface area contributed by atoms with Gasteiger partial charge in [0.25, 0.3) is 0 Å². The van der Waals surface area contributed by atoms with Gasteiger partial charge in [-0.2, -0.15) is 0 Å². The third kappa shape index (κ3) is 5.95. The van der Waals surface area contributed by atoms with Crippen LogP contribution < -0.4 is 10.6 Å².